The highest BCUT2D eigenvalue weighted by Crippen LogP contribution is 2.16. The van der Waals surface area contributed by atoms with Gasteiger partial charge in [-0.15, -0.1) is 0 Å². The van der Waals surface area contributed by atoms with Gasteiger partial charge in [0.2, 0.25) is 5.28 Å². The number of phenolic OH excluding ortho intramolecular Hbond substituents is 1. The number of benzene rings is 2. The number of nitrogens with zero attached hydrogens (tertiary/aromatic N) is 3. The zero-order valence-electron chi connectivity index (χ0n) is 21.1. The molecule has 0 bridgehead atoms. The molecule has 2 heterocycles. The fraction of sp³-hybridized carbons (Fsp3) is 0.393. The van der Waals surface area contributed by atoms with Crippen molar-refractivity contribution < 1.29 is 9.84 Å². The highest BCUT2D eigenvalue weighted by Gasteiger charge is 2.16. The molecule has 0 spiro atoms. The molecule has 0 aliphatic heterocycles. The number of fused-ring (bicyclic) bond motifs is 1. The lowest BCUT2D eigenvalue weighted by molar-refractivity contribution is 0.311. The van der Waals surface area contributed by atoms with Crippen molar-refractivity contribution in [1.29, 1.82) is 0 Å². The number of aromatic hydroxyl groups is 1. The molecule has 37 heavy (non-hydrogen) atoms. The van der Waals surface area contributed by atoms with Crippen LogP contribution in [0, 0.1) is 0 Å². The molecule has 0 fully saturated rings. The maximum Gasteiger partial charge on any atom is 0.332 e. The first-order valence-corrected chi connectivity index (χ1v) is 13.2. The van der Waals surface area contributed by atoms with Crippen LogP contribution in [-0.2, 0) is 25.9 Å². The minimum absolute atomic E-state index is 0.108. The van der Waals surface area contributed by atoms with E-state index in [2.05, 4.69) is 16.9 Å². The van der Waals surface area contributed by atoms with E-state index in [9.17, 15) is 14.7 Å². The number of nitrogens with one attached hydrogen (secondary N) is 1. The van der Waals surface area contributed by atoms with E-state index in [1.54, 1.807) is 16.7 Å². The SMILES string of the molecule is CCCCCn1c(=O)n(CCCc2ccc(OCCCc3ccc(O)cc3)cc2)c(=O)c2[nH]c(Cl)nc21. The van der Waals surface area contributed by atoms with Crippen molar-refractivity contribution in [3.8, 4) is 11.5 Å². The fourth-order valence-corrected chi connectivity index (χ4v) is 4.55. The summed E-state index contributed by atoms with van der Waals surface area (Å²) < 4.78 is 8.69. The lowest BCUT2D eigenvalue weighted by Gasteiger charge is -2.11. The van der Waals surface area contributed by atoms with E-state index >= 15 is 0 Å². The van der Waals surface area contributed by atoms with Gasteiger partial charge in [-0.05, 0) is 79.1 Å². The van der Waals surface area contributed by atoms with Gasteiger partial charge in [0, 0.05) is 13.1 Å². The molecule has 0 amide bonds. The number of H-pyrrole nitrogens is 1. The van der Waals surface area contributed by atoms with Crippen molar-refractivity contribution in [1.82, 2.24) is 19.1 Å². The molecular weight excluding hydrogens is 492 g/mol. The average Bonchev–Trinajstić information content (AvgIpc) is 3.29. The predicted molar refractivity (Wildman–Crippen MR) is 146 cm³/mol. The Morgan fingerprint density at radius 3 is 2.24 bits per heavy atom. The summed E-state index contributed by atoms with van der Waals surface area (Å²) in [5, 5.41) is 9.47. The number of phenols is 1. The van der Waals surface area contributed by atoms with Crippen LogP contribution in [0.25, 0.3) is 11.2 Å². The summed E-state index contributed by atoms with van der Waals surface area (Å²) >= 11 is 6.01. The van der Waals surface area contributed by atoms with Crippen molar-refractivity contribution in [3.63, 3.8) is 0 Å². The lowest BCUT2D eigenvalue weighted by Crippen LogP contribution is -2.40. The van der Waals surface area contributed by atoms with E-state index in [4.69, 9.17) is 16.3 Å². The third kappa shape index (κ3) is 6.83. The van der Waals surface area contributed by atoms with Gasteiger partial charge in [0.05, 0.1) is 6.61 Å². The van der Waals surface area contributed by atoms with Crippen molar-refractivity contribution in [3.05, 3.63) is 85.8 Å². The normalized spacial score (nSPS) is 11.3. The molecular formula is C28H33ClN4O4. The number of hydrogen-bond donors (Lipinski definition) is 2. The van der Waals surface area contributed by atoms with Crippen molar-refractivity contribution in [2.45, 2.75) is 65.0 Å². The summed E-state index contributed by atoms with van der Waals surface area (Å²) in [5.41, 5.74) is 2.14. The van der Waals surface area contributed by atoms with Crippen LogP contribution in [0.4, 0.5) is 0 Å². The smallest absolute Gasteiger partial charge is 0.332 e. The number of halogens is 1. The fourth-order valence-electron chi connectivity index (χ4n) is 4.38. The monoisotopic (exact) mass is 524 g/mol. The molecule has 8 nitrogen and oxygen atoms in total. The standard InChI is InChI=1S/C28H33ClN4O4/c1-2-3-4-17-32-25-24(30-27(29)31-25)26(35)33(28(32)36)18-5-7-20-11-15-23(16-12-20)37-19-6-8-21-9-13-22(34)14-10-21/h9-16,34H,2-8,17-19H2,1H3,(H,30,31). The molecule has 0 unspecified atom stereocenters. The van der Waals surface area contributed by atoms with E-state index in [0.29, 0.717) is 31.8 Å². The topological polar surface area (TPSA) is 102 Å². The minimum Gasteiger partial charge on any atom is -0.508 e. The molecule has 4 rings (SSSR count). The quantitative estimate of drug-likeness (QED) is 0.187. The zero-order chi connectivity index (χ0) is 26.2. The molecule has 0 aliphatic rings. The molecule has 0 radical (unpaired) electrons. The Kier molecular flexibility index (Phi) is 9.06. The van der Waals surface area contributed by atoms with Gasteiger partial charge in [-0.3, -0.25) is 13.9 Å². The van der Waals surface area contributed by atoms with E-state index < -0.39 is 0 Å². The van der Waals surface area contributed by atoms with Crippen molar-refractivity contribution in [2.75, 3.05) is 6.61 Å². The van der Waals surface area contributed by atoms with E-state index in [1.165, 1.54) is 10.1 Å². The van der Waals surface area contributed by atoms with Gasteiger partial charge < -0.3 is 14.8 Å². The van der Waals surface area contributed by atoms with Crippen LogP contribution in [0.2, 0.25) is 5.28 Å². The van der Waals surface area contributed by atoms with Crippen LogP contribution in [0.1, 0.15) is 50.2 Å². The van der Waals surface area contributed by atoms with Gasteiger partial charge in [0.15, 0.2) is 11.2 Å². The molecule has 9 heteroatoms. The van der Waals surface area contributed by atoms with Crippen LogP contribution in [0.15, 0.2) is 58.1 Å². The number of imidazole rings is 1. The van der Waals surface area contributed by atoms with Crippen LogP contribution in [0.3, 0.4) is 0 Å². The van der Waals surface area contributed by atoms with Crippen molar-refractivity contribution in [2.24, 2.45) is 0 Å². The number of unbranched alkanes of at least 4 members (excludes halogenated alkanes) is 2. The second kappa shape index (κ2) is 12.6. The number of hydrogen-bond acceptors (Lipinski definition) is 5. The van der Waals surface area contributed by atoms with Gasteiger partial charge in [0.1, 0.15) is 11.5 Å². The van der Waals surface area contributed by atoms with Crippen LogP contribution < -0.4 is 16.0 Å². The molecule has 2 aromatic carbocycles. The summed E-state index contributed by atoms with van der Waals surface area (Å²) in [5.74, 6) is 1.08. The molecule has 4 aromatic rings. The highest BCUT2D eigenvalue weighted by molar-refractivity contribution is 6.28. The summed E-state index contributed by atoms with van der Waals surface area (Å²) in [6.07, 6.45) is 5.98. The van der Waals surface area contributed by atoms with Gasteiger partial charge >= 0.3 is 5.69 Å². The highest BCUT2D eigenvalue weighted by atomic mass is 35.5. The number of aromatic amines is 1. The van der Waals surface area contributed by atoms with Crippen molar-refractivity contribution >= 4 is 22.8 Å². The summed E-state index contributed by atoms with van der Waals surface area (Å²) in [4.78, 5) is 33.1. The molecule has 2 aromatic heterocycles. The van der Waals surface area contributed by atoms with E-state index in [0.717, 1.165) is 49.8 Å². The van der Waals surface area contributed by atoms with Crippen LogP contribution >= 0.6 is 11.6 Å². The first kappa shape index (κ1) is 26.5. The molecule has 0 atom stereocenters. The number of ether oxygens (including phenoxy) is 1. The Bertz CT molecular complexity index is 1420. The minimum atomic E-state index is -0.387. The Labute approximate surface area is 220 Å². The molecule has 0 aliphatic carbocycles. The second-order valence-electron chi connectivity index (χ2n) is 9.19. The molecule has 0 saturated heterocycles. The first-order chi connectivity index (χ1) is 18.0. The third-order valence-electron chi connectivity index (χ3n) is 6.40. The average molecular weight is 525 g/mol. The summed E-state index contributed by atoms with van der Waals surface area (Å²) in [6.45, 7) is 3.52. The van der Waals surface area contributed by atoms with Gasteiger partial charge in [-0.1, -0.05) is 44.0 Å². The van der Waals surface area contributed by atoms with Gasteiger partial charge in [-0.2, -0.15) is 4.98 Å². The number of aryl methyl sites for hydroxylation is 3. The first-order valence-electron chi connectivity index (χ1n) is 12.8. The lowest BCUT2D eigenvalue weighted by atomic mass is 10.1. The van der Waals surface area contributed by atoms with E-state index in [-0.39, 0.29) is 27.8 Å². The van der Waals surface area contributed by atoms with Gasteiger partial charge in [0.25, 0.3) is 5.56 Å². The van der Waals surface area contributed by atoms with Gasteiger partial charge in [-0.25, -0.2) is 4.79 Å². The zero-order valence-corrected chi connectivity index (χ0v) is 21.8. The summed E-state index contributed by atoms with van der Waals surface area (Å²) in [6, 6.07) is 15.1. The maximum absolute atomic E-state index is 13.1. The Morgan fingerprint density at radius 2 is 1.54 bits per heavy atom. The molecule has 2 N–H and O–H groups in total. The maximum atomic E-state index is 13.1. The Hall–Kier alpha value is -3.52. The Morgan fingerprint density at radius 1 is 0.892 bits per heavy atom. The van der Waals surface area contributed by atoms with Crippen LogP contribution in [-0.4, -0.2) is 30.8 Å². The summed E-state index contributed by atoms with van der Waals surface area (Å²) in [7, 11) is 0. The van der Waals surface area contributed by atoms with E-state index in [1.807, 2.05) is 36.4 Å². The third-order valence-corrected chi connectivity index (χ3v) is 6.58. The largest absolute Gasteiger partial charge is 0.508 e. The molecule has 0 saturated carbocycles. The number of aromatic nitrogens is 4. The molecule has 196 valence electrons. The second-order valence-corrected chi connectivity index (χ2v) is 9.55. The number of rotatable bonds is 13. The predicted octanol–water partition coefficient (Wildman–Crippen LogP) is 5.08. The Balaban J connectivity index is 1.32. The van der Waals surface area contributed by atoms with Crippen LogP contribution in [0.5, 0.6) is 11.5 Å².